The van der Waals surface area contributed by atoms with Gasteiger partial charge < -0.3 is 9.30 Å². The van der Waals surface area contributed by atoms with E-state index in [1.807, 2.05) is 66.1 Å². The molecular weight excluding hydrogens is 414 g/mol. The lowest BCUT2D eigenvalue weighted by atomic mass is 10.0. The highest BCUT2D eigenvalue weighted by atomic mass is 35.5. The number of amides is 1. The van der Waals surface area contributed by atoms with Crippen LogP contribution in [0.4, 0.5) is 0 Å². The Kier molecular flexibility index (Phi) is 5.91. The average Bonchev–Trinajstić information content (AvgIpc) is 3.12. The van der Waals surface area contributed by atoms with Crippen molar-refractivity contribution in [2.24, 2.45) is 5.10 Å². The molecule has 0 unspecified atom stereocenters. The fourth-order valence-electron chi connectivity index (χ4n) is 3.67. The Morgan fingerprint density at radius 1 is 1.10 bits per heavy atom. The Morgan fingerprint density at radius 3 is 2.39 bits per heavy atom. The summed E-state index contributed by atoms with van der Waals surface area (Å²) in [4.78, 5) is 23.9. The number of aromatic nitrogens is 1. The first kappa shape index (κ1) is 20.9. The van der Waals surface area contributed by atoms with Crippen molar-refractivity contribution in [3.63, 3.8) is 0 Å². The van der Waals surface area contributed by atoms with Gasteiger partial charge in [0.15, 0.2) is 0 Å². The summed E-state index contributed by atoms with van der Waals surface area (Å²) < 4.78 is 7.28. The maximum Gasteiger partial charge on any atom is 0.339 e. The Bertz CT molecular complexity index is 1160. The number of esters is 1. The third-order valence-electron chi connectivity index (χ3n) is 5.25. The topological polar surface area (TPSA) is 72.7 Å². The maximum absolute atomic E-state index is 12.5. The fraction of sp³-hybridized carbons (Fsp3) is 0.208. The van der Waals surface area contributed by atoms with Crippen LogP contribution in [0.5, 0.6) is 0 Å². The summed E-state index contributed by atoms with van der Waals surface area (Å²) in [6.45, 7) is 4.01. The zero-order chi connectivity index (χ0) is 22.0. The lowest BCUT2D eigenvalue weighted by Crippen LogP contribution is -2.25. The number of halogens is 1. The first-order valence-corrected chi connectivity index (χ1v) is 10.5. The summed E-state index contributed by atoms with van der Waals surface area (Å²) in [5.74, 6) is -0.416. The molecule has 1 aliphatic heterocycles. The third kappa shape index (κ3) is 4.25. The monoisotopic (exact) mass is 435 g/mol. The predicted octanol–water partition coefficient (Wildman–Crippen LogP) is 4.90. The molecule has 158 valence electrons. The van der Waals surface area contributed by atoms with Crippen molar-refractivity contribution in [2.75, 3.05) is 6.61 Å². The first-order chi connectivity index (χ1) is 15.0. The van der Waals surface area contributed by atoms with Gasteiger partial charge in [-0.15, -0.1) is 0 Å². The van der Waals surface area contributed by atoms with Crippen LogP contribution in [0.15, 0.2) is 59.7 Å². The molecule has 0 fully saturated rings. The van der Waals surface area contributed by atoms with Crippen molar-refractivity contribution >= 4 is 29.2 Å². The van der Waals surface area contributed by atoms with Crippen LogP contribution in [0.1, 0.15) is 41.4 Å². The summed E-state index contributed by atoms with van der Waals surface area (Å²) in [6, 6.07) is 17.3. The number of ether oxygens (including phenoxy) is 1. The molecule has 1 aliphatic rings. The van der Waals surface area contributed by atoms with E-state index in [2.05, 4.69) is 10.5 Å². The summed E-state index contributed by atoms with van der Waals surface area (Å²) >= 11 is 6.07. The van der Waals surface area contributed by atoms with Gasteiger partial charge in [-0.1, -0.05) is 35.9 Å². The standard InChI is InChI=1S/C24H22ClN3O3/c1-3-31-24(30)20-14-22(17-4-8-18(25)9-5-17)28(15(20)2)19-10-6-16(7-11-19)21-12-13-23(29)27-26-21/h4-11,14H,3,12-13H2,1-2H3,(H,27,29). The molecule has 0 radical (unpaired) electrons. The Balaban J connectivity index is 1.78. The van der Waals surface area contributed by atoms with E-state index >= 15 is 0 Å². The second kappa shape index (κ2) is 8.78. The van der Waals surface area contributed by atoms with E-state index in [-0.39, 0.29) is 11.9 Å². The summed E-state index contributed by atoms with van der Waals surface area (Å²) in [6.07, 6.45) is 1.04. The molecule has 3 aromatic rings. The van der Waals surface area contributed by atoms with Crippen LogP contribution in [0.25, 0.3) is 16.9 Å². The minimum atomic E-state index is -0.349. The van der Waals surface area contributed by atoms with Crippen LogP contribution in [0.2, 0.25) is 5.02 Å². The number of carbonyl (C=O) groups excluding carboxylic acids is 2. The Morgan fingerprint density at radius 2 is 1.77 bits per heavy atom. The molecule has 1 N–H and O–H groups in total. The summed E-state index contributed by atoms with van der Waals surface area (Å²) in [7, 11) is 0. The quantitative estimate of drug-likeness (QED) is 0.579. The molecule has 0 bridgehead atoms. The van der Waals surface area contributed by atoms with Gasteiger partial charge in [-0.05, 0) is 55.3 Å². The molecular formula is C24H22ClN3O3. The minimum Gasteiger partial charge on any atom is -0.462 e. The van der Waals surface area contributed by atoms with E-state index < -0.39 is 0 Å². The molecule has 0 atom stereocenters. The van der Waals surface area contributed by atoms with Crippen LogP contribution in [0.3, 0.4) is 0 Å². The van der Waals surface area contributed by atoms with Crippen molar-refractivity contribution in [3.05, 3.63) is 76.4 Å². The number of rotatable bonds is 5. The Labute approximate surface area is 185 Å². The SMILES string of the molecule is CCOC(=O)c1cc(-c2ccc(Cl)cc2)n(-c2ccc(C3=NNC(=O)CC3)cc2)c1C. The van der Waals surface area contributed by atoms with E-state index in [9.17, 15) is 9.59 Å². The van der Waals surface area contributed by atoms with Crippen LogP contribution < -0.4 is 5.43 Å². The zero-order valence-corrected chi connectivity index (χ0v) is 18.1. The van der Waals surface area contributed by atoms with Crippen LogP contribution >= 0.6 is 11.6 Å². The smallest absolute Gasteiger partial charge is 0.339 e. The van der Waals surface area contributed by atoms with Crippen molar-refractivity contribution < 1.29 is 14.3 Å². The molecule has 6 nitrogen and oxygen atoms in total. The van der Waals surface area contributed by atoms with Gasteiger partial charge in [-0.2, -0.15) is 5.10 Å². The number of nitrogens with one attached hydrogen (secondary N) is 1. The highest BCUT2D eigenvalue weighted by Crippen LogP contribution is 2.31. The van der Waals surface area contributed by atoms with Gasteiger partial charge in [0.25, 0.3) is 0 Å². The molecule has 1 amide bonds. The van der Waals surface area contributed by atoms with Gasteiger partial charge >= 0.3 is 5.97 Å². The minimum absolute atomic E-state index is 0.0672. The van der Waals surface area contributed by atoms with Crippen molar-refractivity contribution in [1.29, 1.82) is 0 Å². The largest absolute Gasteiger partial charge is 0.462 e. The van der Waals surface area contributed by atoms with E-state index in [1.165, 1.54) is 0 Å². The second-order valence-electron chi connectivity index (χ2n) is 7.23. The highest BCUT2D eigenvalue weighted by Gasteiger charge is 2.21. The third-order valence-corrected chi connectivity index (χ3v) is 5.50. The lowest BCUT2D eigenvalue weighted by Gasteiger charge is -2.15. The molecule has 4 rings (SSSR count). The van der Waals surface area contributed by atoms with Crippen LogP contribution in [-0.2, 0) is 9.53 Å². The number of carbonyl (C=O) groups is 2. The van der Waals surface area contributed by atoms with Crippen LogP contribution in [-0.4, -0.2) is 28.8 Å². The molecule has 7 heteroatoms. The van der Waals surface area contributed by atoms with E-state index in [1.54, 1.807) is 6.92 Å². The number of hydrogen-bond acceptors (Lipinski definition) is 4. The molecule has 0 aliphatic carbocycles. The molecule has 31 heavy (non-hydrogen) atoms. The van der Waals surface area contributed by atoms with Gasteiger partial charge in [0.05, 0.1) is 23.6 Å². The molecule has 0 saturated carbocycles. The predicted molar refractivity (Wildman–Crippen MR) is 121 cm³/mol. The average molecular weight is 436 g/mol. The number of nitrogens with zero attached hydrogens (tertiary/aromatic N) is 2. The highest BCUT2D eigenvalue weighted by molar-refractivity contribution is 6.30. The fourth-order valence-corrected chi connectivity index (χ4v) is 3.80. The van der Waals surface area contributed by atoms with Crippen LogP contribution in [0, 0.1) is 6.92 Å². The van der Waals surface area contributed by atoms with Gasteiger partial charge in [-0.25, -0.2) is 10.2 Å². The van der Waals surface area contributed by atoms with E-state index in [0.29, 0.717) is 30.0 Å². The maximum atomic E-state index is 12.5. The van der Waals surface area contributed by atoms with Gasteiger partial charge in [0.1, 0.15) is 0 Å². The first-order valence-electron chi connectivity index (χ1n) is 10.1. The zero-order valence-electron chi connectivity index (χ0n) is 17.3. The number of benzene rings is 2. The summed E-state index contributed by atoms with van der Waals surface area (Å²) in [5, 5.41) is 4.81. The molecule has 0 saturated heterocycles. The second-order valence-corrected chi connectivity index (χ2v) is 7.67. The van der Waals surface area contributed by atoms with E-state index in [0.717, 1.165) is 33.9 Å². The number of hydrogen-bond donors (Lipinski definition) is 1. The van der Waals surface area contributed by atoms with E-state index in [4.69, 9.17) is 16.3 Å². The normalized spacial score (nSPS) is 13.5. The van der Waals surface area contributed by atoms with Gasteiger partial charge in [-0.3, -0.25) is 4.79 Å². The Hall–Kier alpha value is -3.38. The van der Waals surface area contributed by atoms with Gasteiger partial charge in [0.2, 0.25) is 5.91 Å². The molecule has 2 heterocycles. The van der Waals surface area contributed by atoms with Crippen molar-refractivity contribution in [1.82, 2.24) is 9.99 Å². The number of hydrazone groups is 1. The van der Waals surface area contributed by atoms with Crippen molar-refractivity contribution in [3.8, 4) is 16.9 Å². The lowest BCUT2D eigenvalue weighted by molar-refractivity contribution is -0.121. The van der Waals surface area contributed by atoms with Gasteiger partial charge in [0, 0.05) is 29.2 Å². The summed E-state index contributed by atoms with van der Waals surface area (Å²) in [5.41, 5.74) is 8.35. The van der Waals surface area contributed by atoms with Crippen molar-refractivity contribution in [2.45, 2.75) is 26.7 Å². The molecule has 0 spiro atoms. The molecule has 2 aromatic carbocycles. The molecule has 1 aromatic heterocycles.